The van der Waals surface area contributed by atoms with Crippen LogP contribution in [0.25, 0.3) is 0 Å². The first kappa shape index (κ1) is 25.0. The summed E-state index contributed by atoms with van der Waals surface area (Å²) in [5.41, 5.74) is 6.95. The summed E-state index contributed by atoms with van der Waals surface area (Å²) in [6.07, 6.45) is 5.50. The number of benzene rings is 2. The molecule has 0 N–H and O–H groups in total. The molecule has 0 bridgehead atoms. The largest absolute Gasteiger partial charge is 0.324 e. The molecular formula is C31H40N2O3. The van der Waals surface area contributed by atoms with Crippen molar-refractivity contribution >= 4 is 23.2 Å². The van der Waals surface area contributed by atoms with Crippen LogP contribution in [0, 0.1) is 52.9 Å². The van der Waals surface area contributed by atoms with Crippen LogP contribution in [-0.4, -0.2) is 23.8 Å². The third kappa shape index (κ3) is 3.53. The average Bonchev–Trinajstić information content (AvgIpc) is 3.53. The fraction of sp³-hybridized carbons (Fsp3) is 0.548. The fourth-order valence-electron chi connectivity index (χ4n) is 6.97. The van der Waals surface area contributed by atoms with Gasteiger partial charge < -0.3 is 4.74 Å². The van der Waals surface area contributed by atoms with Crippen molar-refractivity contribution in [1.82, 2.24) is 0 Å². The predicted molar refractivity (Wildman–Crippen MR) is 144 cm³/mol. The van der Waals surface area contributed by atoms with Crippen LogP contribution in [0.15, 0.2) is 24.3 Å². The maximum atomic E-state index is 14.3. The van der Waals surface area contributed by atoms with E-state index in [1.807, 2.05) is 9.80 Å². The molecule has 1 saturated carbocycles. The van der Waals surface area contributed by atoms with Crippen molar-refractivity contribution < 1.29 is 14.3 Å². The van der Waals surface area contributed by atoms with Crippen molar-refractivity contribution in [2.24, 2.45) is 11.3 Å². The zero-order valence-corrected chi connectivity index (χ0v) is 23.1. The molecule has 2 amide bonds. The molecule has 3 fully saturated rings. The summed E-state index contributed by atoms with van der Waals surface area (Å²) < 4.78 is 6.74. The third-order valence-electron chi connectivity index (χ3n) is 8.53. The van der Waals surface area contributed by atoms with Gasteiger partial charge >= 0.3 is 0 Å². The number of rotatable bonds is 3. The summed E-state index contributed by atoms with van der Waals surface area (Å²) >= 11 is 0. The lowest BCUT2D eigenvalue weighted by molar-refractivity contribution is -0.143. The van der Waals surface area contributed by atoms with Crippen LogP contribution < -0.4 is 9.80 Å². The number of carbonyl (C=O) groups excluding carboxylic acids is 2. The van der Waals surface area contributed by atoms with E-state index in [0.717, 1.165) is 57.6 Å². The smallest absolute Gasteiger partial charge is 0.263 e. The van der Waals surface area contributed by atoms with Gasteiger partial charge in [0, 0.05) is 0 Å². The highest BCUT2D eigenvalue weighted by atomic mass is 16.7. The van der Waals surface area contributed by atoms with Crippen LogP contribution in [0.3, 0.4) is 0 Å². The van der Waals surface area contributed by atoms with Gasteiger partial charge in [0.15, 0.2) is 0 Å². The van der Waals surface area contributed by atoms with Crippen molar-refractivity contribution in [3.8, 4) is 0 Å². The number of epoxide rings is 1. The molecule has 1 spiro atoms. The lowest BCUT2D eigenvalue weighted by atomic mass is 9.80. The quantitative estimate of drug-likeness (QED) is 0.362. The molecule has 1 unspecified atom stereocenters. The molecule has 5 rings (SSSR count). The van der Waals surface area contributed by atoms with E-state index in [2.05, 4.69) is 65.8 Å². The summed E-state index contributed by atoms with van der Waals surface area (Å²) in [5.74, 6) is -1.18. The number of aryl methyl sites for hydroxylation is 6. The zero-order chi connectivity index (χ0) is 26.2. The molecule has 192 valence electrons. The summed E-state index contributed by atoms with van der Waals surface area (Å²) in [6, 6.07) is 8.49. The topological polar surface area (TPSA) is 53.2 Å². The summed E-state index contributed by atoms with van der Waals surface area (Å²) in [4.78, 5) is 32.4. The number of ether oxygens (including phenoxy) is 1. The van der Waals surface area contributed by atoms with E-state index in [9.17, 15) is 9.59 Å². The highest BCUT2D eigenvalue weighted by Crippen LogP contribution is 2.58. The molecule has 2 aliphatic heterocycles. The summed E-state index contributed by atoms with van der Waals surface area (Å²) in [6.45, 7) is 15.9. The van der Waals surface area contributed by atoms with Gasteiger partial charge in [-0.3, -0.25) is 19.4 Å². The highest BCUT2D eigenvalue weighted by Gasteiger charge is 2.76. The number of hydrogen-bond acceptors (Lipinski definition) is 3. The first-order chi connectivity index (χ1) is 16.9. The van der Waals surface area contributed by atoms with Gasteiger partial charge in [-0.25, -0.2) is 0 Å². The first-order valence-electron chi connectivity index (χ1n) is 13.4. The molecule has 2 saturated heterocycles. The molecule has 36 heavy (non-hydrogen) atoms. The van der Waals surface area contributed by atoms with Crippen molar-refractivity contribution in [2.45, 2.75) is 99.4 Å². The van der Waals surface area contributed by atoms with E-state index in [0.29, 0.717) is 5.92 Å². The minimum absolute atomic E-state index is 0.181. The van der Waals surface area contributed by atoms with Gasteiger partial charge in [-0.1, -0.05) is 54.7 Å². The van der Waals surface area contributed by atoms with Gasteiger partial charge in [0.2, 0.25) is 11.8 Å². The molecule has 0 aromatic heterocycles. The van der Waals surface area contributed by atoms with E-state index in [1.165, 1.54) is 19.3 Å². The molecule has 5 heteroatoms. The lowest BCUT2D eigenvalue weighted by Crippen LogP contribution is -2.71. The SMILES string of the molecule is Cc1cc(C)c(N2C(=O)C(C)(C)C(=O)N(c3c(C)cc(C)cc3C)C23OC3C2CCCCC2)c(C)c1. The highest BCUT2D eigenvalue weighted by molar-refractivity contribution is 6.21. The van der Waals surface area contributed by atoms with Crippen LogP contribution in [0.2, 0.25) is 0 Å². The Hall–Kier alpha value is -2.66. The Balaban J connectivity index is 1.79. The lowest BCUT2D eigenvalue weighted by Gasteiger charge is -2.49. The maximum absolute atomic E-state index is 14.3. The fourth-order valence-corrected chi connectivity index (χ4v) is 6.97. The van der Waals surface area contributed by atoms with Crippen molar-refractivity contribution in [1.29, 1.82) is 0 Å². The summed E-state index contributed by atoms with van der Waals surface area (Å²) in [5, 5.41) is 0. The Morgan fingerprint density at radius 2 is 1.08 bits per heavy atom. The Morgan fingerprint density at radius 1 is 0.694 bits per heavy atom. The minimum atomic E-state index is -1.22. The normalized spacial score (nSPS) is 23.5. The van der Waals surface area contributed by atoms with E-state index in [-0.39, 0.29) is 17.9 Å². The van der Waals surface area contributed by atoms with E-state index >= 15 is 0 Å². The number of anilines is 2. The second kappa shape index (κ2) is 8.44. The molecule has 5 nitrogen and oxygen atoms in total. The maximum Gasteiger partial charge on any atom is 0.263 e. The zero-order valence-electron chi connectivity index (χ0n) is 23.1. The Kier molecular flexibility index (Phi) is 5.86. The van der Waals surface area contributed by atoms with Gasteiger partial charge in [-0.05, 0) is 96.4 Å². The molecule has 3 aliphatic rings. The van der Waals surface area contributed by atoms with Crippen molar-refractivity contribution in [2.75, 3.05) is 9.80 Å². The predicted octanol–water partition coefficient (Wildman–Crippen LogP) is 6.58. The molecule has 2 aromatic rings. The Bertz CT molecular complexity index is 1130. The first-order valence-corrected chi connectivity index (χ1v) is 13.4. The van der Waals surface area contributed by atoms with Gasteiger partial charge in [-0.2, -0.15) is 0 Å². The van der Waals surface area contributed by atoms with Crippen molar-refractivity contribution in [3.63, 3.8) is 0 Å². The van der Waals surface area contributed by atoms with Crippen LogP contribution in [-0.2, 0) is 14.3 Å². The van der Waals surface area contributed by atoms with E-state index in [1.54, 1.807) is 13.8 Å². The molecule has 1 atom stereocenters. The molecule has 2 heterocycles. The van der Waals surface area contributed by atoms with Crippen molar-refractivity contribution in [3.05, 3.63) is 57.6 Å². The third-order valence-corrected chi connectivity index (χ3v) is 8.53. The number of amides is 2. The van der Waals surface area contributed by atoms with Crippen LogP contribution in [0.4, 0.5) is 11.4 Å². The second-order valence-electron chi connectivity index (χ2n) is 12.0. The Morgan fingerprint density at radius 3 is 1.47 bits per heavy atom. The second-order valence-corrected chi connectivity index (χ2v) is 12.0. The van der Waals surface area contributed by atoms with Gasteiger partial charge in [0.05, 0.1) is 11.4 Å². The Labute approximate surface area is 215 Å². The average molecular weight is 489 g/mol. The van der Waals surface area contributed by atoms with Crippen LogP contribution >= 0.6 is 0 Å². The van der Waals surface area contributed by atoms with E-state index in [4.69, 9.17) is 4.74 Å². The van der Waals surface area contributed by atoms with Crippen LogP contribution in [0.1, 0.15) is 79.3 Å². The van der Waals surface area contributed by atoms with Gasteiger partial charge in [-0.15, -0.1) is 0 Å². The number of nitrogens with zero attached hydrogens (tertiary/aromatic N) is 2. The number of carbonyl (C=O) groups is 2. The van der Waals surface area contributed by atoms with E-state index < -0.39 is 11.3 Å². The molecular weight excluding hydrogens is 448 g/mol. The number of hydrogen-bond donors (Lipinski definition) is 0. The standard InChI is InChI=1S/C31H40N2O3/c1-18-14-20(3)25(21(4)15-18)32-28(34)30(7,8)29(35)33(26-22(5)16-19(2)17-23(26)6)31(32)27(36-31)24-12-10-9-11-13-24/h14-17,24,27H,9-13H2,1-8H3. The molecule has 0 radical (unpaired) electrons. The molecule has 1 aliphatic carbocycles. The summed E-state index contributed by atoms with van der Waals surface area (Å²) in [7, 11) is 0. The van der Waals surface area contributed by atoms with Gasteiger partial charge in [0.25, 0.3) is 5.85 Å². The van der Waals surface area contributed by atoms with Gasteiger partial charge in [0.1, 0.15) is 11.5 Å². The minimum Gasteiger partial charge on any atom is -0.324 e. The molecule has 2 aromatic carbocycles. The monoisotopic (exact) mass is 488 g/mol. The van der Waals surface area contributed by atoms with Crippen LogP contribution in [0.5, 0.6) is 0 Å².